The first-order chi connectivity index (χ1) is 19.2. The lowest BCUT2D eigenvalue weighted by atomic mass is 9.95. The van der Waals surface area contributed by atoms with Gasteiger partial charge in [-0.2, -0.15) is 0 Å². The first-order valence-corrected chi connectivity index (χ1v) is 14.6. The van der Waals surface area contributed by atoms with Crippen LogP contribution in [0.5, 0.6) is 5.75 Å². The number of likely N-dealkylation sites (tertiary alicyclic amines) is 1. The van der Waals surface area contributed by atoms with E-state index < -0.39 is 5.91 Å². The van der Waals surface area contributed by atoms with E-state index in [2.05, 4.69) is 15.1 Å². The average molecular weight is 568 g/mol. The number of primary amides is 1. The standard InChI is InChI=1S/C30H38ClN5O4/c1-19-15-22(31)6-5-20(2)40-26-17-23(35-12-7-21(8-13-35)29(32)38)16-24-27(26)36(19)18-25(28(24)37)30(39)33-9-14-34-10-3-4-11-34/h5-6,15-21H,3-4,7-14H2,1-2H3,(H2,32,38)(H,33,39)/b6-5-,22-15+. The van der Waals surface area contributed by atoms with Crippen LogP contribution in [0, 0.1) is 5.92 Å². The molecule has 9 nitrogen and oxygen atoms in total. The van der Waals surface area contributed by atoms with E-state index in [0.717, 1.165) is 25.3 Å². The third kappa shape index (κ3) is 6.05. The van der Waals surface area contributed by atoms with Gasteiger partial charge in [0.15, 0.2) is 0 Å². The average Bonchev–Trinajstić information content (AvgIpc) is 3.45. The summed E-state index contributed by atoms with van der Waals surface area (Å²) in [6.07, 6.45) is 10.5. The molecule has 2 amide bonds. The fourth-order valence-electron chi connectivity index (χ4n) is 5.88. The molecule has 3 N–H and O–H groups in total. The number of piperidine rings is 1. The van der Waals surface area contributed by atoms with Crippen LogP contribution in [-0.2, 0) is 4.79 Å². The number of halogens is 1. The number of anilines is 1. The molecule has 214 valence electrons. The molecule has 2 atom stereocenters. The third-order valence-electron chi connectivity index (χ3n) is 8.17. The van der Waals surface area contributed by atoms with Crippen molar-refractivity contribution in [1.29, 1.82) is 0 Å². The van der Waals surface area contributed by atoms with Crippen LogP contribution in [0.3, 0.4) is 0 Å². The second kappa shape index (κ2) is 12.1. The van der Waals surface area contributed by atoms with Crippen molar-refractivity contribution in [3.63, 3.8) is 0 Å². The van der Waals surface area contributed by atoms with Gasteiger partial charge in [0.1, 0.15) is 17.4 Å². The first kappa shape index (κ1) is 28.2. The van der Waals surface area contributed by atoms with Crippen molar-refractivity contribution in [2.45, 2.75) is 51.7 Å². The molecule has 40 heavy (non-hydrogen) atoms. The molecule has 1 aromatic carbocycles. The van der Waals surface area contributed by atoms with E-state index in [-0.39, 0.29) is 35.0 Å². The van der Waals surface area contributed by atoms with Crippen molar-refractivity contribution in [3.8, 4) is 5.75 Å². The summed E-state index contributed by atoms with van der Waals surface area (Å²) in [7, 11) is 0. The van der Waals surface area contributed by atoms with Crippen LogP contribution in [-0.4, -0.2) is 66.7 Å². The molecule has 0 aliphatic carbocycles. The molecule has 2 unspecified atom stereocenters. The van der Waals surface area contributed by atoms with E-state index in [1.807, 2.05) is 42.7 Å². The van der Waals surface area contributed by atoms with E-state index in [4.69, 9.17) is 22.1 Å². The number of nitrogens with two attached hydrogens (primary N) is 1. The zero-order chi connectivity index (χ0) is 28.4. The van der Waals surface area contributed by atoms with E-state index in [9.17, 15) is 14.4 Å². The van der Waals surface area contributed by atoms with Crippen LogP contribution in [0.4, 0.5) is 5.69 Å². The van der Waals surface area contributed by atoms with Gasteiger partial charge in [-0.25, -0.2) is 0 Å². The molecule has 3 aliphatic rings. The molecular weight excluding hydrogens is 530 g/mol. The molecule has 5 rings (SSSR count). The number of pyridine rings is 1. The third-order valence-corrected chi connectivity index (χ3v) is 8.43. The van der Waals surface area contributed by atoms with Crippen LogP contribution >= 0.6 is 11.6 Å². The Labute approximate surface area is 239 Å². The lowest BCUT2D eigenvalue weighted by Crippen LogP contribution is -2.38. The summed E-state index contributed by atoms with van der Waals surface area (Å²) < 4.78 is 8.27. The summed E-state index contributed by atoms with van der Waals surface area (Å²) in [6.45, 7) is 8.46. The minimum Gasteiger partial charge on any atom is -0.484 e. The predicted octanol–water partition coefficient (Wildman–Crippen LogP) is 3.55. The summed E-state index contributed by atoms with van der Waals surface area (Å²) >= 11 is 6.49. The molecular formula is C30H38ClN5O4. The molecule has 2 fully saturated rings. The normalized spacial score (nSPS) is 24.3. The zero-order valence-electron chi connectivity index (χ0n) is 23.2. The van der Waals surface area contributed by atoms with Crippen molar-refractivity contribution < 1.29 is 14.3 Å². The molecule has 2 saturated heterocycles. The van der Waals surface area contributed by atoms with Crippen LogP contribution < -0.4 is 26.1 Å². The number of hydrogen-bond donors (Lipinski definition) is 2. The minimum absolute atomic E-state index is 0.0847. The molecule has 0 spiro atoms. The number of amides is 2. The van der Waals surface area contributed by atoms with Crippen LogP contribution in [0.25, 0.3) is 10.9 Å². The maximum Gasteiger partial charge on any atom is 0.256 e. The number of ether oxygens (including phenoxy) is 1. The van der Waals surface area contributed by atoms with Crippen LogP contribution in [0.15, 0.2) is 46.4 Å². The molecule has 4 heterocycles. The molecule has 10 heteroatoms. The summed E-state index contributed by atoms with van der Waals surface area (Å²) in [5, 5.41) is 3.91. The highest BCUT2D eigenvalue weighted by Gasteiger charge is 2.27. The number of aromatic nitrogens is 1. The maximum atomic E-state index is 13.9. The van der Waals surface area contributed by atoms with E-state index in [1.54, 1.807) is 12.3 Å². The monoisotopic (exact) mass is 567 g/mol. The highest BCUT2D eigenvalue weighted by atomic mass is 35.5. The van der Waals surface area contributed by atoms with Crippen molar-refractivity contribution in [1.82, 2.24) is 14.8 Å². The number of carbonyl (C=O) groups excluding carboxylic acids is 2. The second-order valence-electron chi connectivity index (χ2n) is 11.1. The Morgan fingerprint density at radius 3 is 2.55 bits per heavy atom. The Kier molecular flexibility index (Phi) is 8.51. The number of nitrogens with zero attached hydrogens (tertiary/aromatic N) is 3. The highest BCUT2D eigenvalue weighted by molar-refractivity contribution is 6.31. The Bertz CT molecular complexity index is 1400. The zero-order valence-corrected chi connectivity index (χ0v) is 24.0. The van der Waals surface area contributed by atoms with Gasteiger partial charge in [-0.05, 0) is 76.9 Å². The van der Waals surface area contributed by atoms with Crippen LogP contribution in [0.1, 0.15) is 55.9 Å². The van der Waals surface area contributed by atoms with Crippen molar-refractivity contribution in [3.05, 3.63) is 57.4 Å². The molecule has 0 saturated carbocycles. The molecule has 1 aromatic heterocycles. The van der Waals surface area contributed by atoms with Gasteiger partial charge in [0.05, 0.1) is 16.9 Å². The van der Waals surface area contributed by atoms with Gasteiger partial charge in [-0.15, -0.1) is 0 Å². The van der Waals surface area contributed by atoms with Crippen LogP contribution in [0.2, 0.25) is 0 Å². The Hall–Kier alpha value is -3.30. The number of carbonyl (C=O) groups is 2. The molecule has 2 aromatic rings. The fourth-order valence-corrected chi connectivity index (χ4v) is 6.13. The predicted molar refractivity (Wildman–Crippen MR) is 158 cm³/mol. The Morgan fingerprint density at radius 1 is 1.12 bits per heavy atom. The van der Waals surface area contributed by atoms with Gasteiger partial charge < -0.3 is 30.2 Å². The number of allylic oxidation sites excluding steroid dienone is 3. The summed E-state index contributed by atoms with van der Waals surface area (Å²) in [5.41, 5.74) is 6.72. The van der Waals surface area contributed by atoms with Gasteiger partial charge in [-0.1, -0.05) is 11.6 Å². The van der Waals surface area contributed by atoms with Gasteiger partial charge in [-0.3, -0.25) is 14.4 Å². The SMILES string of the molecule is CC1/C=C\C(Cl)=C/C(C)n2cc(C(=O)NCCN3CCCC3)c(=O)c3cc(N4CCC(C(N)=O)CC4)cc(c32)O1. The fraction of sp³-hybridized carbons (Fsp3) is 0.500. The molecule has 3 aliphatic heterocycles. The molecule has 0 bridgehead atoms. The molecule has 0 radical (unpaired) electrons. The second-order valence-corrected chi connectivity index (χ2v) is 11.5. The Balaban J connectivity index is 1.58. The van der Waals surface area contributed by atoms with Gasteiger partial charge >= 0.3 is 0 Å². The van der Waals surface area contributed by atoms with Crippen molar-refractivity contribution >= 4 is 40.0 Å². The number of rotatable bonds is 6. The van der Waals surface area contributed by atoms with E-state index in [0.29, 0.717) is 54.2 Å². The maximum absolute atomic E-state index is 13.9. The lowest BCUT2D eigenvalue weighted by Gasteiger charge is -2.33. The van der Waals surface area contributed by atoms with Crippen molar-refractivity contribution in [2.24, 2.45) is 11.7 Å². The number of benzene rings is 1. The van der Waals surface area contributed by atoms with Gasteiger partial charge in [0.2, 0.25) is 11.3 Å². The Morgan fingerprint density at radius 2 is 1.85 bits per heavy atom. The number of nitrogens with one attached hydrogen (secondary N) is 1. The first-order valence-electron chi connectivity index (χ1n) is 14.2. The van der Waals surface area contributed by atoms with E-state index >= 15 is 0 Å². The van der Waals surface area contributed by atoms with E-state index in [1.165, 1.54) is 12.8 Å². The smallest absolute Gasteiger partial charge is 0.256 e. The van der Waals surface area contributed by atoms with Crippen molar-refractivity contribution in [2.75, 3.05) is 44.2 Å². The minimum atomic E-state index is -0.391. The summed E-state index contributed by atoms with van der Waals surface area (Å²) in [5.74, 6) is -0.266. The lowest BCUT2D eigenvalue weighted by molar-refractivity contribution is -0.122. The number of hydrogen-bond acceptors (Lipinski definition) is 6. The van der Waals surface area contributed by atoms with Gasteiger partial charge in [0.25, 0.3) is 5.91 Å². The quantitative estimate of drug-likeness (QED) is 0.552. The summed E-state index contributed by atoms with van der Waals surface area (Å²) in [4.78, 5) is 43.5. The summed E-state index contributed by atoms with van der Waals surface area (Å²) in [6, 6.07) is 3.53. The largest absolute Gasteiger partial charge is 0.484 e. The van der Waals surface area contributed by atoms with Gasteiger partial charge in [0, 0.05) is 55.1 Å². The topological polar surface area (TPSA) is 110 Å². The highest BCUT2D eigenvalue weighted by Crippen LogP contribution is 2.36.